The smallest absolute Gasteiger partial charge is 0.242 e. The van der Waals surface area contributed by atoms with Crippen LogP contribution >= 0.6 is 22.9 Å². The molecule has 1 aliphatic rings. The van der Waals surface area contributed by atoms with Gasteiger partial charge in [0.05, 0.1) is 13.1 Å². The molecule has 0 aliphatic carbocycles. The Hall–Kier alpha value is -2.32. The minimum absolute atomic E-state index is 0.0752. The van der Waals surface area contributed by atoms with Gasteiger partial charge in [-0.15, -0.1) is 11.3 Å². The molecule has 1 aromatic carbocycles. The van der Waals surface area contributed by atoms with E-state index in [1.807, 2.05) is 35.4 Å². The van der Waals surface area contributed by atoms with E-state index in [9.17, 15) is 4.79 Å². The van der Waals surface area contributed by atoms with Crippen molar-refractivity contribution in [3.05, 3.63) is 45.4 Å². The summed E-state index contributed by atoms with van der Waals surface area (Å²) < 4.78 is 0. The van der Waals surface area contributed by atoms with Crippen LogP contribution < -0.4 is 15.5 Å². The van der Waals surface area contributed by atoms with Crippen molar-refractivity contribution in [3.63, 3.8) is 0 Å². The van der Waals surface area contributed by atoms with E-state index in [0.717, 1.165) is 35.2 Å². The molecule has 2 heterocycles. The number of hydrogen-bond acceptors (Lipinski definition) is 5. The van der Waals surface area contributed by atoms with Gasteiger partial charge in [0.25, 0.3) is 0 Å². The number of aliphatic imine (C=N–C) groups is 1. The summed E-state index contributed by atoms with van der Waals surface area (Å²) in [5.74, 6) is 0.678. The third kappa shape index (κ3) is 6.08. The Labute approximate surface area is 180 Å². The molecule has 1 aromatic heterocycles. The van der Waals surface area contributed by atoms with Crippen LogP contribution in [0.25, 0.3) is 0 Å². The molecule has 0 spiro atoms. The maximum atomic E-state index is 12.6. The first kappa shape index (κ1) is 21.4. The van der Waals surface area contributed by atoms with Crippen LogP contribution in [0.2, 0.25) is 5.02 Å². The van der Waals surface area contributed by atoms with E-state index in [1.54, 1.807) is 18.4 Å². The summed E-state index contributed by atoms with van der Waals surface area (Å²) in [7, 11) is 1.70. The molecule has 29 heavy (non-hydrogen) atoms. The summed E-state index contributed by atoms with van der Waals surface area (Å²) in [5.41, 5.74) is 1.14. The van der Waals surface area contributed by atoms with Gasteiger partial charge in [0.1, 0.15) is 5.01 Å². The lowest BCUT2D eigenvalue weighted by Gasteiger charge is -2.36. The second kappa shape index (κ2) is 10.5. The Balaban J connectivity index is 1.41. The fourth-order valence-corrected chi connectivity index (χ4v) is 4.04. The molecule has 0 radical (unpaired) electrons. The van der Waals surface area contributed by atoms with E-state index in [4.69, 9.17) is 11.6 Å². The molecule has 1 saturated heterocycles. The van der Waals surface area contributed by atoms with Gasteiger partial charge in [-0.2, -0.15) is 0 Å². The van der Waals surface area contributed by atoms with Crippen molar-refractivity contribution in [2.45, 2.75) is 19.9 Å². The van der Waals surface area contributed by atoms with Crippen molar-refractivity contribution in [3.8, 4) is 0 Å². The number of rotatable bonds is 6. The van der Waals surface area contributed by atoms with Crippen LogP contribution in [0, 0.1) is 0 Å². The molecule has 156 valence electrons. The molecule has 0 saturated carbocycles. The van der Waals surface area contributed by atoms with Crippen LogP contribution in [0.3, 0.4) is 0 Å². The number of hydrogen-bond donors (Lipinski definition) is 2. The quantitative estimate of drug-likeness (QED) is 0.539. The van der Waals surface area contributed by atoms with Gasteiger partial charge in [-0.05, 0) is 30.7 Å². The summed E-state index contributed by atoms with van der Waals surface area (Å²) in [6.45, 7) is 5.96. The molecule has 0 atom stereocenters. The Morgan fingerprint density at radius 2 is 1.93 bits per heavy atom. The van der Waals surface area contributed by atoms with Crippen molar-refractivity contribution >= 4 is 40.5 Å². The highest BCUT2D eigenvalue weighted by molar-refractivity contribution is 7.11. The average molecular weight is 435 g/mol. The van der Waals surface area contributed by atoms with Crippen molar-refractivity contribution in [2.24, 2.45) is 4.99 Å². The van der Waals surface area contributed by atoms with Crippen LogP contribution in [0.4, 0.5) is 5.69 Å². The number of thiazole rings is 1. The van der Waals surface area contributed by atoms with Crippen LogP contribution in [0.1, 0.15) is 16.8 Å². The Morgan fingerprint density at radius 3 is 2.55 bits per heavy atom. The SMILES string of the molecule is CCc1cnc(CNC(=NC)NCC(=O)N2CCN(c3ccc(Cl)cc3)CC2)s1. The molecule has 7 nitrogen and oxygen atoms in total. The molecule has 1 aliphatic heterocycles. The van der Waals surface area contributed by atoms with Gasteiger partial charge >= 0.3 is 0 Å². The lowest BCUT2D eigenvalue weighted by Crippen LogP contribution is -2.52. The minimum Gasteiger partial charge on any atom is -0.368 e. The fourth-order valence-electron chi connectivity index (χ4n) is 3.11. The molecule has 3 rings (SSSR count). The number of nitrogens with zero attached hydrogens (tertiary/aromatic N) is 4. The summed E-state index contributed by atoms with van der Waals surface area (Å²) in [6, 6.07) is 7.82. The fraction of sp³-hybridized carbons (Fsp3) is 0.450. The number of halogens is 1. The Bertz CT molecular complexity index is 830. The Morgan fingerprint density at radius 1 is 1.21 bits per heavy atom. The van der Waals surface area contributed by atoms with E-state index in [2.05, 4.69) is 32.4 Å². The van der Waals surface area contributed by atoms with Crippen LogP contribution in [0.5, 0.6) is 0 Å². The number of nitrogens with one attached hydrogen (secondary N) is 2. The summed E-state index contributed by atoms with van der Waals surface area (Å²) in [4.78, 5) is 26.6. The summed E-state index contributed by atoms with van der Waals surface area (Å²) in [5, 5.41) is 8.06. The van der Waals surface area contributed by atoms with Gasteiger partial charge < -0.3 is 20.4 Å². The average Bonchev–Trinajstić information content (AvgIpc) is 3.22. The number of aryl methyl sites for hydroxylation is 1. The number of benzene rings is 1. The summed E-state index contributed by atoms with van der Waals surface area (Å²) in [6.07, 6.45) is 2.90. The van der Waals surface area contributed by atoms with Crippen molar-refractivity contribution < 1.29 is 4.79 Å². The van der Waals surface area contributed by atoms with E-state index in [-0.39, 0.29) is 12.5 Å². The monoisotopic (exact) mass is 434 g/mol. The first-order valence-corrected chi connectivity index (χ1v) is 10.9. The number of anilines is 1. The van der Waals surface area contributed by atoms with Crippen molar-refractivity contribution in [1.29, 1.82) is 0 Å². The van der Waals surface area contributed by atoms with Crippen LogP contribution in [-0.4, -0.2) is 61.5 Å². The molecular weight excluding hydrogens is 408 g/mol. The molecule has 0 bridgehead atoms. The number of carbonyl (C=O) groups excluding carboxylic acids is 1. The van der Waals surface area contributed by atoms with Crippen molar-refractivity contribution in [1.82, 2.24) is 20.5 Å². The lowest BCUT2D eigenvalue weighted by molar-refractivity contribution is -0.130. The van der Waals surface area contributed by atoms with Gasteiger partial charge in [0.15, 0.2) is 5.96 Å². The van der Waals surface area contributed by atoms with E-state index < -0.39 is 0 Å². The topological polar surface area (TPSA) is 72.9 Å². The predicted molar refractivity (Wildman–Crippen MR) is 120 cm³/mol. The zero-order chi connectivity index (χ0) is 20.6. The standard InChI is InChI=1S/C20H27ClN6OS/c1-3-17-12-23-18(29-17)13-24-20(22-2)25-14-19(28)27-10-8-26(9-11-27)16-6-4-15(21)5-7-16/h4-7,12H,3,8-11,13-14H2,1-2H3,(H2,22,24,25). The lowest BCUT2D eigenvalue weighted by atomic mass is 10.2. The molecule has 2 aromatic rings. The van der Waals surface area contributed by atoms with Crippen LogP contribution in [-0.2, 0) is 17.8 Å². The first-order valence-electron chi connectivity index (χ1n) is 9.75. The molecule has 1 amide bonds. The van der Waals surface area contributed by atoms with Gasteiger partial charge in [-0.3, -0.25) is 9.79 Å². The zero-order valence-corrected chi connectivity index (χ0v) is 18.4. The van der Waals surface area contributed by atoms with Gasteiger partial charge in [0.2, 0.25) is 5.91 Å². The highest BCUT2D eigenvalue weighted by Gasteiger charge is 2.21. The third-order valence-corrected chi connectivity index (χ3v) is 6.21. The molecule has 2 N–H and O–H groups in total. The number of aromatic nitrogens is 1. The number of carbonyl (C=O) groups is 1. The molecule has 0 unspecified atom stereocenters. The second-order valence-electron chi connectivity index (χ2n) is 6.70. The number of guanidine groups is 1. The largest absolute Gasteiger partial charge is 0.368 e. The van der Waals surface area contributed by atoms with E-state index in [0.29, 0.717) is 25.6 Å². The maximum absolute atomic E-state index is 12.6. The highest BCUT2D eigenvalue weighted by atomic mass is 35.5. The highest BCUT2D eigenvalue weighted by Crippen LogP contribution is 2.19. The second-order valence-corrected chi connectivity index (χ2v) is 8.33. The minimum atomic E-state index is 0.0752. The van der Waals surface area contributed by atoms with E-state index >= 15 is 0 Å². The van der Waals surface area contributed by atoms with Gasteiger partial charge in [0, 0.05) is 55.0 Å². The van der Waals surface area contributed by atoms with E-state index in [1.165, 1.54) is 4.88 Å². The predicted octanol–water partition coefficient (Wildman–Crippen LogP) is 2.37. The van der Waals surface area contributed by atoms with Gasteiger partial charge in [-0.25, -0.2) is 4.98 Å². The number of piperazine rings is 1. The molecular formula is C20H27ClN6OS. The molecule has 1 fully saturated rings. The van der Waals surface area contributed by atoms with Crippen molar-refractivity contribution in [2.75, 3.05) is 44.7 Å². The Kier molecular flexibility index (Phi) is 7.71. The van der Waals surface area contributed by atoms with Gasteiger partial charge in [-0.1, -0.05) is 18.5 Å². The van der Waals surface area contributed by atoms with Crippen LogP contribution in [0.15, 0.2) is 35.5 Å². The zero-order valence-electron chi connectivity index (χ0n) is 16.8. The number of amides is 1. The molecule has 9 heteroatoms. The first-order chi connectivity index (χ1) is 14.1. The maximum Gasteiger partial charge on any atom is 0.242 e. The third-order valence-electron chi connectivity index (χ3n) is 4.81. The normalized spacial score (nSPS) is 14.8. The summed E-state index contributed by atoms with van der Waals surface area (Å²) >= 11 is 7.64.